The van der Waals surface area contributed by atoms with Gasteiger partial charge in [0.2, 0.25) is 11.5 Å². The van der Waals surface area contributed by atoms with Crippen molar-refractivity contribution in [2.75, 3.05) is 21.3 Å². The number of aromatic nitrogens is 1. The number of ether oxygens (including phenoxy) is 3. The summed E-state index contributed by atoms with van der Waals surface area (Å²) in [5.74, 6) is 1.34. The van der Waals surface area contributed by atoms with Crippen molar-refractivity contribution >= 4 is 5.78 Å². The molecule has 128 valence electrons. The predicted molar refractivity (Wildman–Crippen MR) is 91.5 cm³/mol. The largest absolute Gasteiger partial charge is 0.493 e. The minimum Gasteiger partial charge on any atom is -0.493 e. The summed E-state index contributed by atoms with van der Waals surface area (Å²) < 4.78 is 21.4. The number of hydrogen-bond acceptors (Lipinski definition) is 6. The molecule has 0 radical (unpaired) electrons. The fraction of sp³-hybridized carbons (Fsp3) is 0.158. The number of carbonyl (C=O) groups excluding carboxylic acids is 1. The third-order valence-corrected chi connectivity index (χ3v) is 3.69. The lowest BCUT2D eigenvalue weighted by atomic mass is 10.1. The van der Waals surface area contributed by atoms with Crippen LogP contribution in [0.25, 0.3) is 11.3 Å². The summed E-state index contributed by atoms with van der Waals surface area (Å²) in [6.07, 6.45) is 1.53. The second-order valence-corrected chi connectivity index (χ2v) is 5.14. The molecule has 0 unspecified atom stereocenters. The van der Waals surface area contributed by atoms with Gasteiger partial charge in [0, 0.05) is 11.1 Å². The first kappa shape index (κ1) is 16.6. The molecule has 0 saturated heterocycles. The van der Waals surface area contributed by atoms with Gasteiger partial charge in [-0.25, -0.2) is 4.98 Å². The molecule has 0 fully saturated rings. The number of hydrogen-bond donors (Lipinski definition) is 0. The average molecular weight is 339 g/mol. The normalized spacial score (nSPS) is 10.4. The van der Waals surface area contributed by atoms with Gasteiger partial charge in [0.05, 0.1) is 27.5 Å². The van der Waals surface area contributed by atoms with Crippen LogP contribution in [0.2, 0.25) is 0 Å². The van der Waals surface area contributed by atoms with Gasteiger partial charge in [-0.1, -0.05) is 30.3 Å². The molecule has 0 amide bonds. The van der Waals surface area contributed by atoms with Crippen LogP contribution in [-0.2, 0) is 0 Å². The van der Waals surface area contributed by atoms with Crippen molar-refractivity contribution in [3.8, 4) is 28.6 Å². The first-order valence-electron chi connectivity index (χ1n) is 7.54. The highest BCUT2D eigenvalue weighted by Gasteiger charge is 2.21. The highest BCUT2D eigenvalue weighted by Crippen LogP contribution is 2.38. The maximum Gasteiger partial charge on any atom is 0.268 e. The van der Waals surface area contributed by atoms with Gasteiger partial charge in [-0.15, -0.1) is 0 Å². The van der Waals surface area contributed by atoms with Gasteiger partial charge in [-0.2, -0.15) is 0 Å². The third-order valence-electron chi connectivity index (χ3n) is 3.69. The van der Waals surface area contributed by atoms with E-state index in [1.807, 2.05) is 30.3 Å². The van der Waals surface area contributed by atoms with Crippen molar-refractivity contribution in [1.29, 1.82) is 0 Å². The quantitative estimate of drug-likeness (QED) is 0.639. The molecular formula is C19H17NO5. The van der Waals surface area contributed by atoms with Crippen LogP contribution in [0, 0.1) is 0 Å². The van der Waals surface area contributed by atoms with Crippen LogP contribution in [0.5, 0.6) is 17.2 Å². The van der Waals surface area contributed by atoms with Crippen molar-refractivity contribution < 1.29 is 23.4 Å². The summed E-state index contributed by atoms with van der Waals surface area (Å²) in [5.41, 5.74) is 1.18. The Bertz CT molecular complexity index is 861. The van der Waals surface area contributed by atoms with E-state index in [0.29, 0.717) is 28.6 Å². The van der Waals surface area contributed by atoms with E-state index in [1.54, 1.807) is 12.1 Å². The van der Waals surface area contributed by atoms with Gasteiger partial charge in [0.15, 0.2) is 17.3 Å². The molecule has 2 aromatic carbocycles. The lowest BCUT2D eigenvalue weighted by molar-refractivity contribution is 0.100. The molecular weight excluding hydrogens is 322 g/mol. The molecule has 0 aliphatic carbocycles. The molecule has 1 heterocycles. The predicted octanol–water partition coefficient (Wildman–Crippen LogP) is 3.60. The zero-order chi connectivity index (χ0) is 17.8. The molecule has 0 saturated carbocycles. The number of ketones is 1. The Morgan fingerprint density at radius 2 is 1.60 bits per heavy atom. The first-order chi connectivity index (χ1) is 12.2. The Hall–Kier alpha value is -3.28. The SMILES string of the molecule is COc1cc(C(=O)c2ncc(-c3ccccc3)o2)cc(OC)c1OC. The Labute approximate surface area is 145 Å². The smallest absolute Gasteiger partial charge is 0.268 e. The van der Waals surface area contributed by atoms with Crippen molar-refractivity contribution in [3.05, 3.63) is 60.1 Å². The number of oxazole rings is 1. The Balaban J connectivity index is 1.97. The maximum absolute atomic E-state index is 12.7. The molecule has 6 nitrogen and oxygen atoms in total. The first-order valence-corrected chi connectivity index (χ1v) is 7.54. The van der Waals surface area contributed by atoms with Crippen LogP contribution < -0.4 is 14.2 Å². The Morgan fingerprint density at radius 3 is 2.16 bits per heavy atom. The molecule has 3 aromatic rings. The van der Waals surface area contributed by atoms with Gasteiger partial charge >= 0.3 is 0 Å². The summed E-state index contributed by atoms with van der Waals surface area (Å²) >= 11 is 0. The second-order valence-electron chi connectivity index (χ2n) is 5.14. The zero-order valence-electron chi connectivity index (χ0n) is 14.1. The van der Waals surface area contributed by atoms with E-state index in [0.717, 1.165) is 5.56 Å². The number of benzene rings is 2. The van der Waals surface area contributed by atoms with E-state index in [1.165, 1.54) is 27.5 Å². The summed E-state index contributed by atoms with van der Waals surface area (Å²) in [6, 6.07) is 12.6. The van der Waals surface area contributed by atoms with E-state index in [4.69, 9.17) is 18.6 Å². The second kappa shape index (κ2) is 7.09. The minimum atomic E-state index is -0.374. The average Bonchev–Trinajstić information content (AvgIpc) is 3.17. The van der Waals surface area contributed by atoms with Gasteiger partial charge in [0.25, 0.3) is 5.89 Å². The van der Waals surface area contributed by atoms with Gasteiger partial charge in [-0.05, 0) is 12.1 Å². The molecule has 0 aliphatic rings. The molecule has 0 aliphatic heterocycles. The lowest BCUT2D eigenvalue weighted by Crippen LogP contribution is -2.04. The van der Waals surface area contributed by atoms with Crippen LogP contribution in [0.3, 0.4) is 0 Å². The summed E-state index contributed by atoms with van der Waals surface area (Å²) in [5, 5.41) is 0. The maximum atomic E-state index is 12.7. The molecule has 25 heavy (non-hydrogen) atoms. The van der Waals surface area contributed by atoms with Gasteiger partial charge in [0.1, 0.15) is 0 Å². The number of nitrogens with zero attached hydrogens (tertiary/aromatic N) is 1. The Morgan fingerprint density at radius 1 is 0.960 bits per heavy atom. The van der Waals surface area contributed by atoms with Crippen LogP contribution in [0.15, 0.2) is 53.1 Å². The van der Waals surface area contributed by atoms with Crippen LogP contribution in [0.4, 0.5) is 0 Å². The van der Waals surface area contributed by atoms with E-state index in [-0.39, 0.29) is 11.7 Å². The van der Waals surface area contributed by atoms with E-state index in [2.05, 4.69) is 4.98 Å². The molecule has 3 rings (SSSR count). The van der Waals surface area contributed by atoms with Crippen LogP contribution in [0.1, 0.15) is 16.2 Å². The number of carbonyl (C=O) groups is 1. The zero-order valence-corrected chi connectivity index (χ0v) is 14.1. The molecule has 0 spiro atoms. The summed E-state index contributed by atoms with van der Waals surface area (Å²) in [7, 11) is 4.48. The van der Waals surface area contributed by atoms with Crippen molar-refractivity contribution in [1.82, 2.24) is 4.98 Å². The third kappa shape index (κ3) is 3.19. The number of methoxy groups -OCH3 is 3. The van der Waals surface area contributed by atoms with Crippen molar-refractivity contribution in [3.63, 3.8) is 0 Å². The summed E-state index contributed by atoms with van der Waals surface area (Å²) in [4.78, 5) is 16.8. The molecule has 0 N–H and O–H groups in total. The van der Waals surface area contributed by atoms with E-state index in [9.17, 15) is 4.79 Å². The standard InChI is InChI=1S/C19H17NO5/c1-22-14-9-13(10-15(23-2)18(14)24-3)17(21)19-20-11-16(25-19)12-7-5-4-6-8-12/h4-11H,1-3H3. The van der Waals surface area contributed by atoms with E-state index < -0.39 is 0 Å². The molecule has 0 atom stereocenters. The lowest BCUT2D eigenvalue weighted by Gasteiger charge is -2.13. The van der Waals surface area contributed by atoms with Crippen molar-refractivity contribution in [2.24, 2.45) is 0 Å². The molecule has 6 heteroatoms. The highest BCUT2D eigenvalue weighted by molar-refractivity contribution is 6.06. The van der Waals surface area contributed by atoms with E-state index >= 15 is 0 Å². The molecule has 1 aromatic heterocycles. The number of rotatable bonds is 6. The van der Waals surface area contributed by atoms with Crippen molar-refractivity contribution in [2.45, 2.75) is 0 Å². The summed E-state index contributed by atoms with van der Waals surface area (Å²) in [6.45, 7) is 0. The van der Waals surface area contributed by atoms with Crippen LogP contribution in [-0.4, -0.2) is 32.1 Å². The fourth-order valence-electron chi connectivity index (χ4n) is 2.45. The van der Waals surface area contributed by atoms with Gasteiger partial charge in [-0.3, -0.25) is 4.79 Å². The fourth-order valence-corrected chi connectivity index (χ4v) is 2.45. The minimum absolute atomic E-state index is 0.00636. The highest BCUT2D eigenvalue weighted by atomic mass is 16.5. The van der Waals surface area contributed by atoms with Crippen LogP contribution >= 0.6 is 0 Å². The monoisotopic (exact) mass is 339 g/mol. The Kier molecular flexibility index (Phi) is 4.70. The van der Waals surface area contributed by atoms with Gasteiger partial charge < -0.3 is 18.6 Å². The topological polar surface area (TPSA) is 70.8 Å². The molecule has 0 bridgehead atoms.